The quantitative estimate of drug-likeness (QED) is 0.782. The summed E-state index contributed by atoms with van der Waals surface area (Å²) in [6.45, 7) is 2.10. The van der Waals surface area contributed by atoms with Gasteiger partial charge in [0.2, 0.25) is 11.8 Å². The molecule has 25 heavy (non-hydrogen) atoms. The van der Waals surface area contributed by atoms with Crippen molar-refractivity contribution in [1.82, 2.24) is 10.2 Å². The van der Waals surface area contributed by atoms with Crippen LogP contribution in [0, 0.1) is 0 Å². The summed E-state index contributed by atoms with van der Waals surface area (Å²) in [4.78, 5) is 25.6. The van der Waals surface area contributed by atoms with Crippen LogP contribution in [-0.2, 0) is 16.0 Å². The van der Waals surface area contributed by atoms with Gasteiger partial charge in [0.1, 0.15) is 0 Å². The SMILES string of the molecule is COc1ccc(CCN(CC(=O)NC2CCCC2)C(C)=O)cc1OC. The second kappa shape index (κ2) is 9.30. The van der Waals surface area contributed by atoms with Gasteiger partial charge in [0.25, 0.3) is 0 Å². The van der Waals surface area contributed by atoms with E-state index in [2.05, 4.69) is 5.32 Å². The number of carbonyl (C=O) groups is 2. The monoisotopic (exact) mass is 348 g/mol. The molecule has 0 heterocycles. The normalized spacial score (nSPS) is 14.2. The maximum atomic E-state index is 12.2. The average molecular weight is 348 g/mol. The van der Waals surface area contributed by atoms with Crippen molar-refractivity contribution >= 4 is 11.8 Å². The first-order chi connectivity index (χ1) is 12.0. The number of hydrogen-bond acceptors (Lipinski definition) is 4. The van der Waals surface area contributed by atoms with Gasteiger partial charge in [-0.25, -0.2) is 0 Å². The van der Waals surface area contributed by atoms with Crippen LogP contribution in [0.5, 0.6) is 11.5 Å². The summed E-state index contributed by atoms with van der Waals surface area (Å²) in [7, 11) is 3.19. The summed E-state index contributed by atoms with van der Waals surface area (Å²) >= 11 is 0. The third-order valence-corrected chi connectivity index (χ3v) is 4.62. The van der Waals surface area contributed by atoms with Gasteiger partial charge >= 0.3 is 0 Å². The predicted molar refractivity (Wildman–Crippen MR) is 95.9 cm³/mol. The Morgan fingerprint density at radius 3 is 2.44 bits per heavy atom. The smallest absolute Gasteiger partial charge is 0.239 e. The molecule has 0 radical (unpaired) electrons. The van der Waals surface area contributed by atoms with Gasteiger partial charge in [-0.15, -0.1) is 0 Å². The van der Waals surface area contributed by atoms with E-state index in [4.69, 9.17) is 9.47 Å². The second-order valence-corrected chi connectivity index (χ2v) is 6.43. The minimum Gasteiger partial charge on any atom is -0.493 e. The van der Waals surface area contributed by atoms with Crippen LogP contribution in [0.4, 0.5) is 0 Å². The summed E-state index contributed by atoms with van der Waals surface area (Å²) in [5.74, 6) is 1.16. The number of methoxy groups -OCH3 is 2. The Labute approximate surface area is 149 Å². The topological polar surface area (TPSA) is 67.9 Å². The number of nitrogens with zero attached hydrogens (tertiary/aromatic N) is 1. The maximum absolute atomic E-state index is 12.2. The Morgan fingerprint density at radius 2 is 1.84 bits per heavy atom. The zero-order valence-electron chi connectivity index (χ0n) is 15.3. The number of nitrogens with one attached hydrogen (secondary N) is 1. The highest BCUT2D eigenvalue weighted by Gasteiger charge is 2.19. The number of amides is 2. The molecule has 0 atom stereocenters. The fourth-order valence-electron chi connectivity index (χ4n) is 3.16. The average Bonchev–Trinajstić information content (AvgIpc) is 3.10. The first-order valence-corrected chi connectivity index (χ1v) is 8.79. The Bertz CT molecular complexity index is 597. The molecule has 138 valence electrons. The highest BCUT2D eigenvalue weighted by Crippen LogP contribution is 2.27. The van der Waals surface area contributed by atoms with Crippen molar-refractivity contribution in [2.75, 3.05) is 27.3 Å². The van der Waals surface area contributed by atoms with E-state index in [1.807, 2.05) is 18.2 Å². The fraction of sp³-hybridized carbons (Fsp3) is 0.579. The number of hydrogen-bond donors (Lipinski definition) is 1. The van der Waals surface area contributed by atoms with Crippen LogP contribution in [0.3, 0.4) is 0 Å². The first-order valence-electron chi connectivity index (χ1n) is 8.79. The summed E-state index contributed by atoms with van der Waals surface area (Å²) in [6.07, 6.45) is 5.06. The third-order valence-electron chi connectivity index (χ3n) is 4.62. The van der Waals surface area contributed by atoms with Crippen molar-refractivity contribution in [3.63, 3.8) is 0 Å². The number of ether oxygens (including phenoxy) is 2. The molecule has 1 aromatic carbocycles. The molecular weight excluding hydrogens is 320 g/mol. The minimum atomic E-state index is -0.0953. The predicted octanol–water partition coefficient (Wildman–Crippen LogP) is 2.15. The van der Waals surface area contributed by atoms with Crippen molar-refractivity contribution in [3.8, 4) is 11.5 Å². The molecule has 2 amide bonds. The molecular formula is C19H28N2O4. The molecule has 0 bridgehead atoms. The maximum Gasteiger partial charge on any atom is 0.239 e. The lowest BCUT2D eigenvalue weighted by Crippen LogP contribution is -2.43. The number of benzene rings is 1. The van der Waals surface area contributed by atoms with E-state index < -0.39 is 0 Å². The summed E-state index contributed by atoms with van der Waals surface area (Å²) in [5.41, 5.74) is 1.03. The van der Waals surface area contributed by atoms with Crippen LogP contribution in [-0.4, -0.2) is 50.1 Å². The van der Waals surface area contributed by atoms with E-state index in [-0.39, 0.29) is 24.4 Å². The van der Waals surface area contributed by atoms with Crippen LogP contribution >= 0.6 is 0 Å². The molecule has 0 aliphatic heterocycles. The molecule has 6 nitrogen and oxygen atoms in total. The Balaban J connectivity index is 1.90. The lowest BCUT2D eigenvalue weighted by molar-refractivity contribution is -0.134. The zero-order valence-corrected chi connectivity index (χ0v) is 15.3. The van der Waals surface area contributed by atoms with Crippen LogP contribution < -0.4 is 14.8 Å². The van der Waals surface area contributed by atoms with Crippen LogP contribution in [0.2, 0.25) is 0 Å². The molecule has 2 rings (SSSR count). The summed E-state index contributed by atoms with van der Waals surface area (Å²) in [5, 5.41) is 3.03. The Hall–Kier alpha value is -2.24. The van der Waals surface area contributed by atoms with Gasteiger partial charge in [0, 0.05) is 19.5 Å². The van der Waals surface area contributed by atoms with Crippen molar-refractivity contribution in [3.05, 3.63) is 23.8 Å². The van der Waals surface area contributed by atoms with Gasteiger partial charge in [-0.05, 0) is 37.0 Å². The van der Waals surface area contributed by atoms with E-state index in [0.717, 1.165) is 18.4 Å². The molecule has 0 saturated heterocycles. The van der Waals surface area contributed by atoms with Gasteiger partial charge in [-0.3, -0.25) is 9.59 Å². The molecule has 0 aromatic heterocycles. The van der Waals surface area contributed by atoms with Crippen molar-refractivity contribution in [1.29, 1.82) is 0 Å². The van der Waals surface area contributed by atoms with E-state index in [1.54, 1.807) is 19.1 Å². The van der Waals surface area contributed by atoms with Gasteiger partial charge in [0.05, 0.1) is 20.8 Å². The van der Waals surface area contributed by atoms with E-state index in [0.29, 0.717) is 24.5 Å². The van der Waals surface area contributed by atoms with Crippen LogP contribution in [0.1, 0.15) is 38.2 Å². The first kappa shape index (κ1) is 19.1. The Kier molecular flexibility index (Phi) is 7.10. The lowest BCUT2D eigenvalue weighted by atomic mass is 10.1. The van der Waals surface area contributed by atoms with Gasteiger partial charge in [-0.1, -0.05) is 18.9 Å². The van der Waals surface area contributed by atoms with Crippen LogP contribution in [0.15, 0.2) is 18.2 Å². The molecule has 1 N–H and O–H groups in total. The van der Waals surface area contributed by atoms with Crippen LogP contribution in [0.25, 0.3) is 0 Å². The molecule has 1 fully saturated rings. The molecule has 0 spiro atoms. The number of carbonyl (C=O) groups excluding carboxylic acids is 2. The fourth-order valence-corrected chi connectivity index (χ4v) is 3.16. The molecule has 1 aromatic rings. The minimum absolute atomic E-state index is 0.0746. The summed E-state index contributed by atoms with van der Waals surface area (Å²) in [6, 6.07) is 5.96. The standard InChI is InChI=1S/C19H28N2O4/c1-14(22)21(13-19(23)20-16-6-4-5-7-16)11-10-15-8-9-17(24-2)18(12-15)25-3/h8-9,12,16H,4-7,10-11,13H2,1-3H3,(H,20,23). The van der Waals surface area contributed by atoms with Crippen molar-refractivity contribution in [2.24, 2.45) is 0 Å². The molecule has 1 aliphatic rings. The van der Waals surface area contributed by atoms with Gasteiger partial charge in [0.15, 0.2) is 11.5 Å². The van der Waals surface area contributed by atoms with Gasteiger partial charge in [-0.2, -0.15) is 0 Å². The summed E-state index contributed by atoms with van der Waals surface area (Å²) < 4.78 is 10.5. The van der Waals surface area contributed by atoms with Crippen molar-refractivity contribution < 1.29 is 19.1 Å². The highest BCUT2D eigenvalue weighted by molar-refractivity contribution is 5.83. The number of rotatable bonds is 8. The molecule has 1 aliphatic carbocycles. The van der Waals surface area contributed by atoms with E-state index in [9.17, 15) is 9.59 Å². The highest BCUT2D eigenvalue weighted by atomic mass is 16.5. The van der Waals surface area contributed by atoms with E-state index in [1.165, 1.54) is 19.8 Å². The largest absolute Gasteiger partial charge is 0.493 e. The van der Waals surface area contributed by atoms with E-state index >= 15 is 0 Å². The molecule has 1 saturated carbocycles. The lowest BCUT2D eigenvalue weighted by Gasteiger charge is -2.22. The molecule has 0 unspecified atom stereocenters. The van der Waals surface area contributed by atoms with Gasteiger partial charge < -0.3 is 19.7 Å². The third kappa shape index (κ3) is 5.66. The zero-order chi connectivity index (χ0) is 18.2. The Morgan fingerprint density at radius 1 is 1.16 bits per heavy atom. The molecule has 6 heteroatoms. The van der Waals surface area contributed by atoms with Crippen molar-refractivity contribution in [2.45, 2.75) is 45.1 Å². The second-order valence-electron chi connectivity index (χ2n) is 6.43.